The molecule has 2 unspecified atom stereocenters. The monoisotopic (exact) mass is 446 g/mol. The summed E-state index contributed by atoms with van der Waals surface area (Å²) in [6.07, 6.45) is 3.94. The van der Waals surface area contributed by atoms with E-state index in [1.54, 1.807) is 31.2 Å². The maximum Gasteiger partial charge on any atom is 0.332 e. The van der Waals surface area contributed by atoms with Crippen molar-refractivity contribution >= 4 is 33.4 Å². The number of carbonyl (C=O) groups is 2. The molecule has 0 heterocycles. The molecule has 2 atom stereocenters. The average Bonchev–Trinajstić information content (AvgIpc) is 2.67. The molecule has 0 fully saturated rings. The molecule has 156 valence electrons. The quantitative estimate of drug-likeness (QED) is 0.722. The van der Waals surface area contributed by atoms with Gasteiger partial charge in [0.15, 0.2) is 9.84 Å². The molecule has 3 rings (SSSR count). The molecule has 2 N–H and O–H groups in total. The van der Waals surface area contributed by atoms with Gasteiger partial charge in [0.25, 0.3) is 0 Å². The minimum atomic E-state index is -3.61. The van der Waals surface area contributed by atoms with Crippen LogP contribution in [-0.4, -0.2) is 36.8 Å². The van der Waals surface area contributed by atoms with Crippen LogP contribution in [0.5, 0.6) is 0 Å². The molecule has 6 nitrogen and oxygen atoms in total. The summed E-state index contributed by atoms with van der Waals surface area (Å²) in [6.45, 7) is 1.61. The van der Waals surface area contributed by atoms with E-state index in [0.29, 0.717) is 16.2 Å². The molecular weight excluding hydrogens is 428 g/mol. The highest BCUT2D eigenvalue weighted by atomic mass is 35.5. The third kappa shape index (κ3) is 3.78. The fourth-order valence-corrected chi connectivity index (χ4v) is 4.68. The van der Waals surface area contributed by atoms with Gasteiger partial charge in [-0.3, -0.25) is 4.79 Å². The van der Waals surface area contributed by atoms with Crippen molar-refractivity contribution in [2.24, 2.45) is 0 Å². The standard InChI is InChI=1S/C22H19ClO6S/c1-13-10-18(20(24)25)19(14-6-8-16(23)9-7-14)22(12-13,21(26)27)15-4-3-5-17(11-15)30(2,28)29/h3-12,19H,1-2H3,(H,24,25)(H,26,27). The lowest BCUT2D eigenvalue weighted by molar-refractivity contribution is -0.142. The van der Waals surface area contributed by atoms with Crippen LogP contribution < -0.4 is 0 Å². The second-order valence-electron chi connectivity index (χ2n) is 7.25. The van der Waals surface area contributed by atoms with Gasteiger partial charge in [-0.1, -0.05) is 47.5 Å². The minimum absolute atomic E-state index is 0.0482. The van der Waals surface area contributed by atoms with Gasteiger partial charge in [-0.25, -0.2) is 13.2 Å². The van der Waals surface area contributed by atoms with Gasteiger partial charge in [0.2, 0.25) is 0 Å². The molecule has 1 aliphatic carbocycles. The van der Waals surface area contributed by atoms with E-state index in [4.69, 9.17) is 11.6 Å². The maximum absolute atomic E-state index is 12.8. The Hall–Kier alpha value is -2.90. The molecular formula is C22H19ClO6S. The maximum atomic E-state index is 12.8. The Balaban J connectivity index is 2.40. The number of allylic oxidation sites excluding steroid dienone is 2. The van der Waals surface area contributed by atoms with Gasteiger partial charge >= 0.3 is 11.9 Å². The summed E-state index contributed by atoms with van der Waals surface area (Å²) in [5.74, 6) is -3.66. The molecule has 2 aromatic carbocycles. The Morgan fingerprint density at radius 3 is 2.23 bits per heavy atom. The highest BCUT2D eigenvalue weighted by Crippen LogP contribution is 2.49. The first-order valence-electron chi connectivity index (χ1n) is 8.90. The SMILES string of the molecule is CC1=CC(C(=O)O)(c2cccc(S(C)(=O)=O)c2)C(c2ccc(Cl)cc2)C(C(=O)O)=C1. The van der Waals surface area contributed by atoms with Crippen molar-refractivity contribution in [2.45, 2.75) is 23.2 Å². The van der Waals surface area contributed by atoms with Crippen LogP contribution >= 0.6 is 11.6 Å². The van der Waals surface area contributed by atoms with E-state index in [9.17, 15) is 28.2 Å². The summed E-state index contributed by atoms with van der Waals surface area (Å²) >= 11 is 5.97. The predicted octanol–water partition coefficient (Wildman–Crippen LogP) is 3.82. The molecule has 0 amide bonds. The number of aliphatic carboxylic acids is 2. The molecule has 0 saturated heterocycles. The molecule has 30 heavy (non-hydrogen) atoms. The predicted molar refractivity (Wildman–Crippen MR) is 113 cm³/mol. The highest BCUT2D eigenvalue weighted by molar-refractivity contribution is 7.90. The van der Waals surface area contributed by atoms with E-state index in [1.165, 1.54) is 36.4 Å². The van der Waals surface area contributed by atoms with Gasteiger partial charge in [0.05, 0.1) is 4.90 Å². The number of carboxylic acids is 2. The molecule has 0 radical (unpaired) electrons. The van der Waals surface area contributed by atoms with Gasteiger partial charge < -0.3 is 10.2 Å². The molecule has 2 aromatic rings. The molecule has 0 saturated carbocycles. The lowest BCUT2D eigenvalue weighted by atomic mass is 9.61. The third-order valence-electron chi connectivity index (χ3n) is 5.15. The second-order valence-corrected chi connectivity index (χ2v) is 9.70. The molecule has 1 aliphatic rings. The fourth-order valence-electron chi connectivity index (χ4n) is 3.88. The van der Waals surface area contributed by atoms with Gasteiger partial charge in [-0.2, -0.15) is 0 Å². The van der Waals surface area contributed by atoms with Crippen LogP contribution in [0.15, 0.2) is 76.7 Å². The van der Waals surface area contributed by atoms with Crippen LogP contribution in [0.25, 0.3) is 0 Å². The van der Waals surface area contributed by atoms with Crippen molar-refractivity contribution in [2.75, 3.05) is 6.26 Å². The molecule has 8 heteroatoms. The molecule has 0 aliphatic heterocycles. The van der Waals surface area contributed by atoms with Crippen molar-refractivity contribution in [1.29, 1.82) is 0 Å². The second kappa shape index (κ2) is 7.74. The van der Waals surface area contributed by atoms with E-state index in [1.807, 2.05) is 0 Å². The fraction of sp³-hybridized carbons (Fsp3) is 0.182. The summed E-state index contributed by atoms with van der Waals surface area (Å²) in [7, 11) is -3.61. The zero-order valence-corrected chi connectivity index (χ0v) is 17.7. The van der Waals surface area contributed by atoms with E-state index in [-0.39, 0.29) is 16.0 Å². The van der Waals surface area contributed by atoms with Gasteiger partial charge in [0.1, 0.15) is 5.41 Å². The molecule has 0 aromatic heterocycles. The van der Waals surface area contributed by atoms with Crippen LogP contribution in [0, 0.1) is 0 Å². The van der Waals surface area contributed by atoms with Crippen LogP contribution in [-0.2, 0) is 24.8 Å². The number of hydrogen-bond acceptors (Lipinski definition) is 4. The van der Waals surface area contributed by atoms with E-state index >= 15 is 0 Å². The largest absolute Gasteiger partial charge is 0.480 e. The van der Waals surface area contributed by atoms with Crippen molar-refractivity contribution < 1.29 is 28.2 Å². The zero-order valence-electron chi connectivity index (χ0n) is 16.2. The summed E-state index contributed by atoms with van der Waals surface area (Å²) in [5.41, 5.74) is -0.886. The van der Waals surface area contributed by atoms with Crippen LogP contribution in [0.4, 0.5) is 0 Å². The number of hydrogen-bond donors (Lipinski definition) is 2. The van der Waals surface area contributed by atoms with Crippen molar-refractivity contribution in [1.82, 2.24) is 0 Å². The topological polar surface area (TPSA) is 109 Å². The van der Waals surface area contributed by atoms with Crippen LogP contribution in [0.2, 0.25) is 5.02 Å². The van der Waals surface area contributed by atoms with Crippen molar-refractivity contribution in [3.8, 4) is 0 Å². The number of carboxylic acid groups (broad SMARTS) is 2. The zero-order chi connectivity index (χ0) is 22.3. The lowest BCUT2D eigenvalue weighted by Gasteiger charge is -2.39. The average molecular weight is 447 g/mol. The third-order valence-corrected chi connectivity index (χ3v) is 6.51. The highest BCUT2D eigenvalue weighted by Gasteiger charge is 2.51. The first-order valence-corrected chi connectivity index (χ1v) is 11.2. The van der Waals surface area contributed by atoms with E-state index in [2.05, 4.69) is 0 Å². The smallest absolute Gasteiger partial charge is 0.332 e. The van der Waals surface area contributed by atoms with E-state index in [0.717, 1.165) is 6.26 Å². The minimum Gasteiger partial charge on any atom is -0.480 e. The Morgan fingerprint density at radius 2 is 1.70 bits per heavy atom. The Kier molecular flexibility index (Phi) is 5.62. The first kappa shape index (κ1) is 21.8. The summed E-state index contributed by atoms with van der Waals surface area (Å²) in [4.78, 5) is 24.8. The number of benzene rings is 2. The summed E-state index contributed by atoms with van der Waals surface area (Å²) in [5, 5.41) is 20.7. The van der Waals surface area contributed by atoms with E-state index < -0.39 is 33.1 Å². The van der Waals surface area contributed by atoms with Gasteiger partial charge in [0, 0.05) is 22.8 Å². The van der Waals surface area contributed by atoms with Gasteiger partial charge in [-0.15, -0.1) is 0 Å². The van der Waals surface area contributed by atoms with Crippen LogP contribution in [0.3, 0.4) is 0 Å². The number of halogens is 1. The molecule has 0 bridgehead atoms. The van der Waals surface area contributed by atoms with Crippen molar-refractivity contribution in [3.05, 3.63) is 88.0 Å². The van der Waals surface area contributed by atoms with Gasteiger partial charge in [-0.05, 0) is 48.4 Å². The lowest BCUT2D eigenvalue weighted by Crippen LogP contribution is -2.44. The number of rotatable bonds is 5. The summed E-state index contributed by atoms with van der Waals surface area (Å²) < 4.78 is 24.2. The Labute approximate surface area is 179 Å². The van der Waals surface area contributed by atoms with Crippen molar-refractivity contribution in [3.63, 3.8) is 0 Å². The molecule has 0 spiro atoms. The number of sulfone groups is 1. The summed E-state index contributed by atoms with van der Waals surface area (Å²) in [6, 6.07) is 11.9. The first-order chi connectivity index (χ1) is 14.0. The van der Waals surface area contributed by atoms with Crippen LogP contribution in [0.1, 0.15) is 24.0 Å². The normalized spacial score (nSPS) is 21.5. The Morgan fingerprint density at radius 1 is 1.07 bits per heavy atom. The Bertz CT molecular complexity index is 1190.